The van der Waals surface area contributed by atoms with E-state index in [2.05, 4.69) is 56.4 Å². The third-order valence-electron chi connectivity index (χ3n) is 4.24. The summed E-state index contributed by atoms with van der Waals surface area (Å²) in [6.07, 6.45) is 1.07. The first-order chi connectivity index (χ1) is 10.1. The maximum Gasteiger partial charge on any atom is 0.120 e. The van der Waals surface area contributed by atoms with Crippen molar-refractivity contribution in [1.82, 2.24) is 9.88 Å². The molecule has 3 nitrogen and oxygen atoms in total. The highest BCUT2D eigenvalue weighted by molar-refractivity contribution is 5.34. The Morgan fingerprint density at radius 3 is 2.48 bits per heavy atom. The summed E-state index contributed by atoms with van der Waals surface area (Å²) >= 11 is 0. The third kappa shape index (κ3) is 3.34. The summed E-state index contributed by atoms with van der Waals surface area (Å²) in [6, 6.07) is 13.2. The molecule has 0 aliphatic heterocycles. The molecule has 21 heavy (non-hydrogen) atoms. The summed E-state index contributed by atoms with van der Waals surface area (Å²) in [6.45, 7) is 7.17. The van der Waals surface area contributed by atoms with Gasteiger partial charge in [-0.3, -0.25) is 0 Å². The smallest absolute Gasteiger partial charge is 0.120 e. The van der Waals surface area contributed by atoms with Crippen LogP contribution in [0.5, 0.6) is 0 Å². The molecular weight excluding hydrogens is 258 g/mol. The Bertz CT molecular complexity index is 644. The van der Waals surface area contributed by atoms with Gasteiger partial charge < -0.3 is 9.88 Å². The van der Waals surface area contributed by atoms with Crippen molar-refractivity contribution < 1.29 is 0 Å². The molecule has 3 heteroatoms. The largest absolute Gasteiger partial charge is 0.340 e. The van der Waals surface area contributed by atoms with Crippen LogP contribution < -0.4 is 5.32 Å². The molecule has 1 atom stereocenters. The van der Waals surface area contributed by atoms with E-state index in [0.29, 0.717) is 11.7 Å². The lowest BCUT2D eigenvalue weighted by Crippen LogP contribution is -2.18. The van der Waals surface area contributed by atoms with E-state index >= 15 is 0 Å². The van der Waals surface area contributed by atoms with Crippen molar-refractivity contribution in [2.24, 2.45) is 7.05 Å². The Kier molecular flexibility index (Phi) is 4.82. The zero-order valence-corrected chi connectivity index (χ0v) is 13.3. The van der Waals surface area contributed by atoms with Gasteiger partial charge in [-0.25, -0.2) is 0 Å². The summed E-state index contributed by atoms with van der Waals surface area (Å²) in [7, 11) is 1.93. The summed E-state index contributed by atoms with van der Waals surface area (Å²) in [5.74, 6) is 0. The van der Waals surface area contributed by atoms with E-state index in [4.69, 9.17) is 5.26 Å². The molecule has 0 amide bonds. The van der Waals surface area contributed by atoms with Gasteiger partial charge in [0.05, 0.1) is 0 Å². The van der Waals surface area contributed by atoms with Crippen LogP contribution in [0.4, 0.5) is 0 Å². The molecule has 1 heterocycles. The van der Waals surface area contributed by atoms with Gasteiger partial charge in [0.2, 0.25) is 0 Å². The highest BCUT2D eigenvalue weighted by Gasteiger charge is 2.10. The fraction of sp³-hybridized carbons (Fsp3) is 0.389. The van der Waals surface area contributed by atoms with Crippen molar-refractivity contribution in [3.8, 4) is 6.07 Å². The second kappa shape index (κ2) is 6.60. The van der Waals surface area contributed by atoms with Crippen LogP contribution in [0, 0.1) is 18.3 Å². The predicted molar refractivity (Wildman–Crippen MR) is 85.9 cm³/mol. The number of rotatable bonds is 5. The fourth-order valence-electron chi connectivity index (χ4n) is 2.47. The third-order valence-corrected chi connectivity index (χ3v) is 4.24. The number of nitrogens with one attached hydrogen (secondary N) is 1. The number of hydrogen-bond acceptors (Lipinski definition) is 2. The fourth-order valence-corrected chi connectivity index (χ4v) is 2.47. The SMILES string of the molecule is CCc1ccc(C(C)NCc2cc(C#N)n(C)c2C)cc1. The minimum Gasteiger partial charge on any atom is -0.340 e. The van der Waals surface area contributed by atoms with E-state index < -0.39 is 0 Å². The van der Waals surface area contributed by atoms with Gasteiger partial charge in [-0.1, -0.05) is 31.2 Å². The van der Waals surface area contributed by atoms with Gasteiger partial charge in [0.25, 0.3) is 0 Å². The molecule has 0 spiro atoms. The van der Waals surface area contributed by atoms with Crippen LogP contribution in [0.15, 0.2) is 30.3 Å². The van der Waals surface area contributed by atoms with Gasteiger partial charge in [-0.05, 0) is 43.0 Å². The maximum absolute atomic E-state index is 9.07. The molecule has 2 aromatic rings. The van der Waals surface area contributed by atoms with Gasteiger partial charge in [-0.15, -0.1) is 0 Å². The molecule has 0 radical (unpaired) electrons. The topological polar surface area (TPSA) is 40.8 Å². The second-order valence-corrected chi connectivity index (χ2v) is 5.51. The van der Waals surface area contributed by atoms with Crippen molar-refractivity contribution in [2.45, 2.75) is 39.8 Å². The number of nitrogens with zero attached hydrogens (tertiary/aromatic N) is 2. The van der Waals surface area contributed by atoms with Crippen LogP contribution in [-0.4, -0.2) is 4.57 Å². The quantitative estimate of drug-likeness (QED) is 0.909. The number of hydrogen-bond donors (Lipinski definition) is 1. The van der Waals surface area contributed by atoms with Gasteiger partial charge in [0.1, 0.15) is 11.8 Å². The molecule has 0 aliphatic carbocycles. The van der Waals surface area contributed by atoms with Crippen molar-refractivity contribution in [3.63, 3.8) is 0 Å². The van der Waals surface area contributed by atoms with Crippen LogP contribution in [0.3, 0.4) is 0 Å². The molecule has 0 saturated heterocycles. The first-order valence-corrected chi connectivity index (χ1v) is 7.44. The zero-order valence-electron chi connectivity index (χ0n) is 13.3. The summed E-state index contributed by atoms with van der Waals surface area (Å²) in [5.41, 5.74) is 5.70. The molecule has 0 bridgehead atoms. The maximum atomic E-state index is 9.07. The lowest BCUT2D eigenvalue weighted by molar-refractivity contribution is 0.572. The predicted octanol–water partition coefficient (Wildman–Crippen LogP) is 3.62. The second-order valence-electron chi connectivity index (χ2n) is 5.51. The first kappa shape index (κ1) is 15.3. The van der Waals surface area contributed by atoms with Gasteiger partial charge >= 0.3 is 0 Å². The van der Waals surface area contributed by atoms with Crippen LogP contribution in [0.2, 0.25) is 0 Å². The van der Waals surface area contributed by atoms with Crippen molar-refractivity contribution >= 4 is 0 Å². The lowest BCUT2D eigenvalue weighted by Gasteiger charge is -2.15. The number of benzene rings is 1. The Morgan fingerprint density at radius 2 is 1.95 bits per heavy atom. The normalized spacial score (nSPS) is 12.1. The van der Waals surface area contributed by atoms with E-state index in [1.165, 1.54) is 16.7 Å². The Morgan fingerprint density at radius 1 is 1.29 bits per heavy atom. The van der Waals surface area contributed by atoms with Crippen LogP contribution >= 0.6 is 0 Å². The molecule has 1 unspecified atom stereocenters. The number of aromatic nitrogens is 1. The number of nitriles is 1. The zero-order chi connectivity index (χ0) is 15.4. The summed E-state index contributed by atoms with van der Waals surface area (Å²) in [4.78, 5) is 0. The van der Waals surface area contributed by atoms with Gasteiger partial charge in [0, 0.05) is 25.3 Å². The minimum atomic E-state index is 0.293. The van der Waals surface area contributed by atoms with Gasteiger partial charge in [0.15, 0.2) is 0 Å². The Hall–Kier alpha value is -2.05. The molecule has 0 saturated carbocycles. The Labute approximate surface area is 127 Å². The van der Waals surface area contributed by atoms with E-state index in [1.54, 1.807) is 0 Å². The molecule has 0 fully saturated rings. The molecule has 2 rings (SSSR count). The minimum absolute atomic E-state index is 0.293. The van der Waals surface area contributed by atoms with Crippen molar-refractivity contribution in [2.75, 3.05) is 0 Å². The highest BCUT2D eigenvalue weighted by atomic mass is 15.0. The van der Waals surface area contributed by atoms with Crippen LogP contribution in [-0.2, 0) is 20.0 Å². The highest BCUT2D eigenvalue weighted by Crippen LogP contribution is 2.17. The molecule has 1 aromatic heterocycles. The Balaban J connectivity index is 2.03. The van der Waals surface area contributed by atoms with E-state index in [0.717, 1.165) is 18.7 Å². The van der Waals surface area contributed by atoms with Crippen molar-refractivity contribution in [1.29, 1.82) is 5.26 Å². The average Bonchev–Trinajstić information content (AvgIpc) is 2.80. The summed E-state index contributed by atoms with van der Waals surface area (Å²) < 4.78 is 1.94. The van der Waals surface area contributed by atoms with Gasteiger partial charge in [-0.2, -0.15) is 5.26 Å². The molecular formula is C18H23N3. The van der Waals surface area contributed by atoms with E-state index in [9.17, 15) is 0 Å². The molecule has 1 N–H and O–H groups in total. The molecule has 110 valence electrons. The van der Waals surface area contributed by atoms with Crippen LogP contribution in [0.1, 0.15) is 48.0 Å². The van der Waals surface area contributed by atoms with E-state index in [1.807, 2.05) is 17.7 Å². The monoisotopic (exact) mass is 281 g/mol. The summed E-state index contributed by atoms with van der Waals surface area (Å²) in [5, 5.41) is 12.6. The van der Waals surface area contributed by atoms with Crippen LogP contribution in [0.25, 0.3) is 0 Å². The standard InChI is InChI=1S/C18H23N3/c1-5-15-6-8-16(9-7-15)13(2)20-12-17-10-18(11-19)21(4)14(17)3/h6-10,13,20H,5,12H2,1-4H3. The average molecular weight is 281 g/mol. The lowest BCUT2D eigenvalue weighted by atomic mass is 10.0. The number of aryl methyl sites for hydroxylation is 1. The van der Waals surface area contributed by atoms with E-state index in [-0.39, 0.29) is 0 Å². The molecule has 1 aromatic carbocycles. The molecule has 0 aliphatic rings. The van der Waals surface area contributed by atoms with Crippen molar-refractivity contribution in [3.05, 3.63) is 58.4 Å². The first-order valence-electron chi connectivity index (χ1n) is 7.44.